The number of hydrogen-bond donors (Lipinski definition) is 4. The number of aliphatic carboxylic acids is 1. The van der Waals surface area contributed by atoms with Crippen molar-refractivity contribution in [2.24, 2.45) is 5.73 Å². The molecule has 0 radical (unpaired) electrons. The first-order valence-corrected chi connectivity index (χ1v) is 7.05. The van der Waals surface area contributed by atoms with Gasteiger partial charge in [0.1, 0.15) is 6.04 Å². The first-order valence-electron chi connectivity index (χ1n) is 7.05. The van der Waals surface area contributed by atoms with Gasteiger partial charge in [-0.25, -0.2) is 4.79 Å². The number of rotatable bonds is 9. The predicted octanol–water partition coefficient (Wildman–Crippen LogP) is 1.11. The van der Waals surface area contributed by atoms with Crippen molar-refractivity contribution in [2.45, 2.75) is 32.2 Å². The van der Waals surface area contributed by atoms with E-state index in [9.17, 15) is 9.59 Å². The lowest BCUT2D eigenvalue weighted by atomic mass is 10.1. The van der Waals surface area contributed by atoms with Gasteiger partial charge in [0.05, 0.1) is 6.54 Å². The lowest BCUT2D eigenvalue weighted by molar-refractivity contribution is -0.141. The van der Waals surface area contributed by atoms with Crippen LogP contribution in [0.3, 0.4) is 0 Å². The van der Waals surface area contributed by atoms with E-state index in [-0.39, 0.29) is 12.5 Å². The molecule has 5 N–H and O–H groups in total. The normalized spacial score (nSPS) is 11.7. The number of hydrogen-bond acceptors (Lipinski definition) is 4. The van der Waals surface area contributed by atoms with Crippen molar-refractivity contribution in [1.82, 2.24) is 5.32 Å². The van der Waals surface area contributed by atoms with E-state index in [1.165, 1.54) is 0 Å². The molecule has 0 aliphatic carbocycles. The largest absolute Gasteiger partial charge is 0.480 e. The van der Waals surface area contributed by atoms with Crippen molar-refractivity contribution in [3.8, 4) is 0 Å². The predicted molar refractivity (Wildman–Crippen MR) is 82.1 cm³/mol. The Morgan fingerprint density at radius 1 is 1.33 bits per heavy atom. The average Bonchev–Trinajstić information content (AvgIpc) is 2.44. The van der Waals surface area contributed by atoms with E-state index in [0.29, 0.717) is 19.4 Å². The summed E-state index contributed by atoms with van der Waals surface area (Å²) in [7, 11) is 0. The highest BCUT2D eigenvalue weighted by Crippen LogP contribution is 2.08. The number of carboxylic acid groups (broad SMARTS) is 1. The highest BCUT2D eigenvalue weighted by Gasteiger charge is 2.18. The van der Waals surface area contributed by atoms with Crippen LogP contribution in [0.25, 0.3) is 0 Å². The number of amides is 1. The first-order chi connectivity index (χ1) is 10.0. The molecular formula is C15H23N3O3. The summed E-state index contributed by atoms with van der Waals surface area (Å²) >= 11 is 0. The Morgan fingerprint density at radius 3 is 2.71 bits per heavy atom. The number of benzene rings is 1. The molecule has 0 aliphatic heterocycles. The third-order valence-electron chi connectivity index (χ3n) is 3.05. The Kier molecular flexibility index (Phi) is 7.25. The molecule has 0 unspecified atom stereocenters. The number of nitrogens with two attached hydrogens (primary N) is 1. The quantitative estimate of drug-likeness (QED) is 0.510. The Bertz CT molecular complexity index is 477. The maximum atomic E-state index is 11.8. The molecule has 116 valence electrons. The van der Waals surface area contributed by atoms with Gasteiger partial charge in [-0.05, 0) is 50.4 Å². The van der Waals surface area contributed by atoms with Gasteiger partial charge < -0.3 is 21.5 Å². The summed E-state index contributed by atoms with van der Waals surface area (Å²) in [5.41, 5.74) is 7.29. The molecule has 0 aliphatic rings. The summed E-state index contributed by atoms with van der Waals surface area (Å²) in [6, 6.07) is 6.77. The molecule has 1 rings (SSSR count). The SMILES string of the molecule is Cc1cccc(NCC(=O)N[C@@H](CCCCN)C(=O)O)c1. The van der Waals surface area contributed by atoms with E-state index < -0.39 is 12.0 Å². The molecule has 0 aromatic heterocycles. The smallest absolute Gasteiger partial charge is 0.326 e. The summed E-state index contributed by atoms with van der Waals surface area (Å²) in [6.45, 7) is 2.53. The minimum absolute atomic E-state index is 0.0458. The van der Waals surface area contributed by atoms with E-state index in [2.05, 4.69) is 10.6 Å². The third-order valence-corrected chi connectivity index (χ3v) is 3.05. The second kappa shape index (κ2) is 8.97. The average molecular weight is 293 g/mol. The lowest BCUT2D eigenvalue weighted by Gasteiger charge is -2.15. The molecular weight excluding hydrogens is 270 g/mol. The summed E-state index contributed by atoms with van der Waals surface area (Å²) in [6.07, 6.45) is 1.82. The van der Waals surface area contributed by atoms with Crippen LogP contribution in [-0.4, -0.2) is 36.1 Å². The van der Waals surface area contributed by atoms with E-state index in [0.717, 1.165) is 17.7 Å². The summed E-state index contributed by atoms with van der Waals surface area (Å²) in [5.74, 6) is -1.35. The Balaban J connectivity index is 2.41. The van der Waals surface area contributed by atoms with E-state index >= 15 is 0 Å². The molecule has 0 bridgehead atoms. The molecule has 0 spiro atoms. The molecule has 0 heterocycles. The number of unbranched alkanes of at least 4 members (excludes halogenated alkanes) is 1. The van der Waals surface area contributed by atoms with Crippen LogP contribution in [-0.2, 0) is 9.59 Å². The minimum atomic E-state index is -1.02. The fourth-order valence-electron chi connectivity index (χ4n) is 1.93. The van der Waals surface area contributed by atoms with E-state index in [4.69, 9.17) is 10.8 Å². The third kappa shape index (κ3) is 6.76. The Labute approximate surface area is 124 Å². The van der Waals surface area contributed by atoms with Gasteiger partial charge in [-0.15, -0.1) is 0 Å². The zero-order valence-corrected chi connectivity index (χ0v) is 12.3. The maximum Gasteiger partial charge on any atom is 0.326 e. The molecule has 0 saturated heterocycles. The van der Waals surface area contributed by atoms with Crippen molar-refractivity contribution in [3.05, 3.63) is 29.8 Å². The molecule has 6 heteroatoms. The monoisotopic (exact) mass is 293 g/mol. The van der Waals surface area contributed by atoms with Crippen LogP contribution in [0.15, 0.2) is 24.3 Å². The first kappa shape index (κ1) is 17.0. The van der Waals surface area contributed by atoms with Crippen LogP contribution in [0.4, 0.5) is 5.69 Å². The zero-order valence-electron chi connectivity index (χ0n) is 12.3. The van der Waals surface area contributed by atoms with Crippen molar-refractivity contribution in [2.75, 3.05) is 18.4 Å². The van der Waals surface area contributed by atoms with Gasteiger partial charge >= 0.3 is 5.97 Å². The lowest BCUT2D eigenvalue weighted by Crippen LogP contribution is -2.43. The van der Waals surface area contributed by atoms with Gasteiger partial charge in [-0.1, -0.05) is 12.1 Å². The van der Waals surface area contributed by atoms with E-state index in [1.54, 1.807) is 0 Å². The van der Waals surface area contributed by atoms with Crippen LogP contribution >= 0.6 is 0 Å². The second-order valence-electron chi connectivity index (χ2n) is 4.97. The fourth-order valence-corrected chi connectivity index (χ4v) is 1.93. The van der Waals surface area contributed by atoms with Crippen LogP contribution in [0.5, 0.6) is 0 Å². The second-order valence-corrected chi connectivity index (χ2v) is 4.97. The molecule has 6 nitrogen and oxygen atoms in total. The molecule has 21 heavy (non-hydrogen) atoms. The zero-order chi connectivity index (χ0) is 15.7. The van der Waals surface area contributed by atoms with Crippen molar-refractivity contribution in [3.63, 3.8) is 0 Å². The standard InChI is InChI=1S/C15H23N3O3/c1-11-5-4-6-12(9-11)17-10-14(19)18-13(15(20)21)7-2-3-8-16/h4-6,9,13,17H,2-3,7-8,10,16H2,1H3,(H,18,19)(H,20,21)/t13-/m0/s1. The Morgan fingerprint density at radius 2 is 2.10 bits per heavy atom. The molecule has 1 aromatic rings. The van der Waals surface area contributed by atoms with Gasteiger partial charge in [-0.3, -0.25) is 4.79 Å². The summed E-state index contributed by atoms with van der Waals surface area (Å²) in [5, 5.41) is 14.6. The minimum Gasteiger partial charge on any atom is -0.480 e. The maximum absolute atomic E-state index is 11.8. The van der Waals surface area contributed by atoms with Gasteiger partial charge in [0.25, 0.3) is 0 Å². The topological polar surface area (TPSA) is 104 Å². The van der Waals surface area contributed by atoms with Crippen LogP contribution in [0, 0.1) is 6.92 Å². The van der Waals surface area contributed by atoms with Crippen LogP contribution in [0.1, 0.15) is 24.8 Å². The number of anilines is 1. The van der Waals surface area contributed by atoms with Gasteiger partial charge in [0.2, 0.25) is 5.91 Å². The summed E-state index contributed by atoms with van der Waals surface area (Å²) in [4.78, 5) is 22.9. The van der Waals surface area contributed by atoms with E-state index in [1.807, 2.05) is 31.2 Å². The molecule has 1 atom stereocenters. The van der Waals surface area contributed by atoms with Crippen molar-refractivity contribution >= 4 is 17.6 Å². The molecule has 0 fully saturated rings. The highest BCUT2D eigenvalue weighted by molar-refractivity contribution is 5.86. The molecule has 1 amide bonds. The van der Waals surface area contributed by atoms with Crippen molar-refractivity contribution < 1.29 is 14.7 Å². The number of carbonyl (C=O) groups excluding carboxylic acids is 1. The number of carboxylic acids is 1. The fraction of sp³-hybridized carbons (Fsp3) is 0.467. The molecule has 0 saturated carbocycles. The van der Waals surface area contributed by atoms with Crippen LogP contribution in [0.2, 0.25) is 0 Å². The Hall–Kier alpha value is -2.08. The van der Waals surface area contributed by atoms with Crippen molar-refractivity contribution in [1.29, 1.82) is 0 Å². The van der Waals surface area contributed by atoms with Gasteiger partial charge in [0.15, 0.2) is 0 Å². The van der Waals surface area contributed by atoms with Gasteiger partial charge in [0, 0.05) is 5.69 Å². The van der Waals surface area contributed by atoms with Crippen LogP contribution < -0.4 is 16.4 Å². The number of aryl methyl sites for hydroxylation is 1. The van der Waals surface area contributed by atoms with Gasteiger partial charge in [-0.2, -0.15) is 0 Å². The highest BCUT2D eigenvalue weighted by atomic mass is 16.4. The number of carbonyl (C=O) groups is 2. The molecule has 1 aromatic carbocycles. The number of nitrogens with one attached hydrogen (secondary N) is 2. The summed E-state index contributed by atoms with van der Waals surface area (Å²) < 4.78 is 0.